The lowest BCUT2D eigenvalue weighted by Gasteiger charge is -2.42. The molecule has 1 amide bonds. The molecule has 2 aromatic rings. The maximum absolute atomic E-state index is 13.5. The van der Waals surface area contributed by atoms with Crippen LogP contribution in [0.15, 0.2) is 45.8 Å². The normalized spacial score (nSPS) is 27.2. The number of nitrogens with zero attached hydrogens (tertiary/aromatic N) is 2. The van der Waals surface area contributed by atoms with Crippen molar-refractivity contribution in [2.45, 2.75) is 52.4 Å². The summed E-state index contributed by atoms with van der Waals surface area (Å²) in [5.74, 6) is -0.185. The van der Waals surface area contributed by atoms with Crippen molar-refractivity contribution >= 4 is 11.9 Å². The van der Waals surface area contributed by atoms with E-state index in [0.717, 1.165) is 0 Å². The summed E-state index contributed by atoms with van der Waals surface area (Å²) in [6, 6.07) is 7.39. The van der Waals surface area contributed by atoms with E-state index in [0.29, 0.717) is 56.9 Å². The summed E-state index contributed by atoms with van der Waals surface area (Å²) in [6.07, 6.45) is 2.50. The molecule has 0 radical (unpaired) electrons. The van der Waals surface area contributed by atoms with Crippen LogP contribution in [0.5, 0.6) is 5.75 Å². The lowest BCUT2D eigenvalue weighted by molar-refractivity contribution is -0.175. The molecule has 192 valence electrons. The van der Waals surface area contributed by atoms with E-state index >= 15 is 0 Å². The quantitative estimate of drug-likeness (QED) is 0.566. The Morgan fingerprint density at radius 1 is 1.08 bits per heavy atom. The van der Waals surface area contributed by atoms with Crippen molar-refractivity contribution in [2.75, 3.05) is 26.2 Å². The van der Waals surface area contributed by atoms with E-state index in [1.54, 1.807) is 17.0 Å². The van der Waals surface area contributed by atoms with E-state index in [9.17, 15) is 18.8 Å². The second-order valence-corrected chi connectivity index (χ2v) is 10.7. The van der Waals surface area contributed by atoms with Crippen LogP contribution < -0.4 is 10.2 Å². The standard InChI is InChI=1S/C27H31FN2O6/c1-25(2)26(3)7-8-27(25,36-24(26)33)23(32)30-11-9-29(10-12-30)15-20-14-21(31)22(17-34-20)35-16-18-5-4-6-19(28)13-18/h4-6,13-14,17H,7-12,15-16H2,1-3H3/t26-,27?/m0/s1. The van der Waals surface area contributed by atoms with Crippen LogP contribution in [0.4, 0.5) is 4.39 Å². The van der Waals surface area contributed by atoms with E-state index < -0.39 is 16.4 Å². The number of hydrogen-bond acceptors (Lipinski definition) is 7. The van der Waals surface area contributed by atoms with Gasteiger partial charge in [-0.2, -0.15) is 0 Å². The molecule has 2 bridgehead atoms. The number of piperazine rings is 1. The maximum Gasteiger partial charge on any atom is 0.313 e. The van der Waals surface area contributed by atoms with Gasteiger partial charge in [-0.15, -0.1) is 0 Å². The Kier molecular flexibility index (Phi) is 5.94. The van der Waals surface area contributed by atoms with Gasteiger partial charge in [0.1, 0.15) is 24.4 Å². The molecule has 2 atom stereocenters. The number of esters is 1. The van der Waals surface area contributed by atoms with Crippen molar-refractivity contribution < 1.29 is 27.9 Å². The Hall–Kier alpha value is -3.20. The molecular formula is C27H31FN2O6. The third-order valence-electron chi connectivity index (χ3n) is 8.60. The van der Waals surface area contributed by atoms with Crippen LogP contribution in [-0.2, 0) is 27.5 Å². The number of rotatable bonds is 6. The topological polar surface area (TPSA) is 89.3 Å². The molecule has 1 unspecified atom stereocenters. The third-order valence-corrected chi connectivity index (χ3v) is 8.60. The molecule has 3 fully saturated rings. The first-order valence-electron chi connectivity index (χ1n) is 12.3. The van der Waals surface area contributed by atoms with Crippen molar-refractivity contribution in [3.63, 3.8) is 0 Å². The number of carbonyl (C=O) groups excluding carboxylic acids is 2. The summed E-state index contributed by atoms with van der Waals surface area (Å²) in [4.78, 5) is 42.5. The molecule has 0 N–H and O–H groups in total. The number of fused-ring (bicyclic) bond motifs is 2. The summed E-state index contributed by atoms with van der Waals surface area (Å²) in [5, 5.41) is 0. The van der Waals surface area contributed by atoms with E-state index in [1.165, 1.54) is 24.5 Å². The monoisotopic (exact) mass is 498 g/mol. The van der Waals surface area contributed by atoms with Gasteiger partial charge in [0.2, 0.25) is 11.2 Å². The Morgan fingerprint density at radius 3 is 2.44 bits per heavy atom. The highest BCUT2D eigenvalue weighted by Crippen LogP contribution is 2.66. The average Bonchev–Trinajstić information content (AvgIpc) is 3.14. The summed E-state index contributed by atoms with van der Waals surface area (Å²) < 4.78 is 30.2. The highest BCUT2D eigenvalue weighted by molar-refractivity contribution is 5.96. The van der Waals surface area contributed by atoms with Crippen molar-refractivity contribution in [2.24, 2.45) is 10.8 Å². The number of ether oxygens (including phenoxy) is 2. The summed E-state index contributed by atoms with van der Waals surface area (Å²) in [7, 11) is 0. The van der Waals surface area contributed by atoms with Gasteiger partial charge >= 0.3 is 5.97 Å². The Morgan fingerprint density at radius 2 is 1.83 bits per heavy atom. The molecule has 1 aliphatic carbocycles. The van der Waals surface area contributed by atoms with Gasteiger partial charge in [-0.05, 0) is 37.5 Å². The Balaban J connectivity index is 1.17. The SMILES string of the molecule is CC1(C)C2(C(=O)N3CCN(Cc4cc(=O)c(OCc5cccc(F)c5)co4)CC3)CC[C@@]1(C)C(=O)O2. The first kappa shape index (κ1) is 24.5. The van der Waals surface area contributed by atoms with Crippen LogP contribution in [0.25, 0.3) is 0 Å². The van der Waals surface area contributed by atoms with Crippen LogP contribution in [0, 0.1) is 16.6 Å². The summed E-state index contributed by atoms with van der Waals surface area (Å²) in [6.45, 7) is 8.54. The predicted molar refractivity (Wildman–Crippen MR) is 128 cm³/mol. The van der Waals surface area contributed by atoms with E-state index in [4.69, 9.17) is 13.9 Å². The number of benzene rings is 1. The number of halogens is 1. The number of hydrogen-bond donors (Lipinski definition) is 0. The molecule has 9 heteroatoms. The molecule has 3 aliphatic rings. The van der Waals surface area contributed by atoms with Crippen molar-refractivity contribution in [3.8, 4) is 5.75 Å². The van der Waals surface area contributed by atoms with Crippen molar-refractivity contribution in [1.82, 2.24) is 9.80 Å². The van der Waals surface area contributed by atoms with Gasteiger partial charge in [-0.25, -0.2) is 4.39 Å². The second-order valence-electron chi connectivity index (χ2n) is 10.7. The van der Waals surface area contributed by atoms with Crippen LogP contribution in [0.1, 0.15) is 44.9 Å². The zero-order valence-corrected chi connectivity index (χ0v) is 20.8. The van der Waals surface area contributed by atoms with Crippen LogP contribution in [-0.4, -0.2) is 53.5 Å². The number of amides is 1. The van der Waals surface area contributed by atoms with Gasteiger partial charge in [0, 0.05) is 37.7 Å². The molecule has 1 aromatic heterocycles. The van der Waals surface area contributed by atoms with Crippen molar-refractivity contribution in [3.05, 3.63) is 64.0 Å². The van der Waals surface area contributed by atoms with Crippen LogP contribution in [0.2, 0.25) is 0 Å². The maximum atomic E-state index is 13.5. The minimum absolute atomic E-state index is 0.0601. The fraction of sp³-hybridized carbons (Fsp3) is 0.519. The van der Waals surface area contributed by atoms with Crippen molar-refractivity contribution in [1.29, 1.82) is 0 Å². The first-order valence-corrected chi connectivity index (χ1v) is 12.3. The minimum atomic E-state index is -1.09. The Bertz CT molecular complexity index is 1250. The molecule has 36 heavy (non-hydrogen) atoms. The summed E-state index contributed by atoms with van der Waals surface area (Å²) >= 11 is 0. The smallest absolute Gasteiger partial charge is 0.313 e. The van der Waals surface area contributed by atoms with Gasteiger partial charge in [0.15, 0.2) is 5.60 Å². The van der Waals surface area contributed by atoms with Gasteiger partial charge in [-0.3, -0.25) is 19.3 Å². The highest BCUT2D eigenvalue weighted by atomic mass is 19.1. The lowest BCUT2D eigenvalue weighted by atomic mass is 9.66. The second kappa shape index (κ2) is 8.73. The molecule has 0 spiro atoms. The zero-order valence-electron chi connectivity index (χ0n) is 20.8. The van der Waals surface area contributed by atoms with Gasteiger partial charge in [0.05, 0.1) is 12.0 Å². The van der Waals surface area contributed by atoms with Crippen LogP contribution in [0.3, 0.4) is 0 Å². The van der Waals surface area contributed by atoms with E-state index in [1.807, 2.05) is 20.8 Å². The summed E-state index contributed by atoms with van der Waals surface area (Å²) in [5.41, 5.74) is -1.98. The lowest BCUT2D eigenvalue weighted by Crippen LogP contribution is -2.59. The average molecular weight is 499 g/mol. The van der Waals surface area contributed by atoms with E-state index in [-0.39, 0.29) is 35.5 Å². The molecule has 2 aliphatic heterocycles. The van der Waals surface area contributed by atoms with Gasteiger partial charge in [-0.1, -0.05) is 26.0 Å². The van der Waals surface area contributed by atoms with Crippen LogP contribution >= 0.6 is 0 Å². The largest absolute Gasteiger partial charge is 0.482 e. The zero-order chi connectivity index (χ0) is 25.7. The Labute approximate surface area is 209 Å². The molecule has 3 heterocycles. The minimum Gasteiger partial charge on any atom is -0.482 e. The fourth-order valence-electron chi connectivity index (χ4n) is 5.72. The molecule has 5 rings (SSSR count). The third kappa shape index (κ3) is 3.80. The highest BCUT2D eigenvalue weighted by Gasteiger charge is 2.76. The van der Waals surface area contributed by atoms with E-state index in [2.05, 4.69) is 4.90 Å². The van der Waals surface area contributed by atoms with Gasteiger partial charge < -0.3 is 18.8 Å². The molecular weight excluding hydrogens is 467 g/mol. The number of carbonyl (C=O) groups is 2. The van der Waals surface area contributed by atoms with Gasteiger partial charge in [0.25, 0.3) is 5.91 Å². The fourth-order valence-corrected chi connectivity index (χ4v) is 5.72. The molecule has 2 saturated heterocycles. The molecule has 8 nitrogen and oxygen atoms in total. The predicted octanol–water partition coefficient (Wildman–Crippen LogP) is 3.12. The first-order chi connectivity index (χ1) is 17.1. The molecule has 1 aromatic carbocycles. The molecule has 1 saturated carbocycles.